The maximum Gasteiger partial charge on any atom is 0.178 e. The Hall–Kier alpha value is -2.88. The van der Waals surface area contributed by atoms with E-state index in [1.807, 2.05) is 55.4 Å². The Morgan fingerprint density at radius 2 is 1.48 bits per heavy atom. The second-order valence-corrected chi connectivity index (χ2v) is 5.66. The number of carbonyl (C=O) groups is 1. The summed E-state index contributed by atoms with van der Waals surface area (Å²) in [5.41, 5.74) is 2.97. The molecule has 0 unspecified atom stereocenters. The molecule has 0 fully saturated rings. The summed E-state index contributed by atoms with van der Waals surface area (Å²) in [6.07, 6.45) is 6.59. The van der Waals surface area contributed by atoms with Crippen LogP contribution < -0.4 is 9.64 Å². The number of alkyl halides is 1. The molecule has 0 atom stereocenters. The van der Waals surface area contributed by atoms with E-state index < -0.39 is 6.67 Å². The molecule has 0 bridgehead atoms. The van der Waals surface area contributed by atoms with E-state index in [2.05, 4.69) is 0 Å². The van der Waals surface area contributed by atoms with Gasteiger partial charge in [0.1, 0.15) is 19.0 Å². The maximum absolute atomic E-state index is 12.0. The molecule has 3 nitrogen and oxygen atoms in total. The van der Waals surface area contributed by atoms with Gasteiger partial charge in [-0.2, -0.15) is 0 Å². The van der Waals surface area contributed by atoms with Crippen molar-refractivity contribution < 1.29 is 13.9 Å². The molecule has 0 aliphatic rings. The van der Waals surface area contributed by atoms with Gasteiger partial charge in [0.15, 0.2) is 5.78 Å². The zero-order valence-corrected chi connectivity index (χ0v) is 14.5. The predicted octanol–water partition coefficient (Wildman–Crippen LogP) is 4.40. The van der Waals surface area contributed by atoms with E-state index in [0.717, 1.165) is 16.8 Å². The molecule has 25 heavy (non-hydrogen) atoms. The first-order chi connectivity index (χ1) is 12.1. The van der Waals surface area contributed by atoms with Crippen molar-refractivity contribution in [3.63, 3.8) is 0 Å². The number of anilines is 1. The summed E-state index contributed by atoms with van der Waals surface area (Å²) < 4.78 is 17.2. The van der Waals surface area contributed by atoms with Crippen LogP contribution in [0.1, 0.15) is 11.1 Å². The molecule has 2 aromatic rings. The van der Waals surface area contributed by atoms with E-state index in [1.54, 1.807) is 30.4 Å². The van der Waals surface area contributed by atoms with Gasteiger partial charge in [0.25, 0.3) is 0 Å². The molecule has 0 spiro atoms. The van der Waals surface area contributed by atoms with Gasteiger partial charge in [0.05, 0.1) is 0 Å². The van der Waals surface area contributed by atoms with Crippen LogP contribution in [0.4, 0.5) is 10.1 Å². The van der Waals surface area contributed by atoms with Crippen LogP contribution in [0, 0.1) is 0 Å². The second kappa shape index (κ2) is 9.42. The lowest BCUT2D eigenvalue weighted by Crippen LogP contribution is -2.07. The molecule has 4 heteroatoms. The van der Waals surface area contributed by atoms with Gasteiger partial charge < -0.3 is 9.64 Å². The minimum atomic E-state index is -0.514. The van der Waals surface area contributed by atoms with Crippen molar-refractivity contribution in [2.24, 2.45) is 0 Å². The molecular weight excluding hydrogens is 317 g/mol. The quantitative estimate of drug-likeness (QED) is 0.668. The molecule has 2 rings (SSSR count). The fourth-order valence-electron chi connectivity index (χ4n) is 2.13. The molecule has 0 saturated carbocycles. The average molecular weight is 339 g/mol. The van der Waals surface area contributed by atoms with Crippen LogP contribution in [0.3, 0.4) is 0 Å². The highest BCUT2D eigenvalue weighted by molar-refractivity contribution is 6.04. The van der Waals surface area contributed by atoms with Gasteiger partial charge in [-0.3, -0.25) is 4.79 Å². The van der Waals surface area contributed by atoms with Crippen molar-refractivity contribution in [1.82, 2.24) is 0 Å². The largest absolute Gasteiger partial charge is 0.491 e. The van der Waals surface area contributed by atoms with Crippen molar-refractivity contribution in [1.29, 1.82) is 0 Å². The third-order valence-corrected chi connectivity index (χ3v) is 3.52. The number of hydrogen-bond donors (Lipinski definition) is 0. The van der Waals surface area contributed by atoms with Gasteiger partial charge in [-0.15, -0.1) is 0 Å². The molecule has 0 saturated heterocycles. The average Bonchev–Trinajstić information content (AvgIpc) is 2.64. The van der Waals surface area contributed by atoms with E-state index >= 15 is 0 Å². The fourth-order valence-corrected chi connectivity index (χ4v) is 2.13. The van der Waals surface area contributed by atoms with Gasteiger partial charge in [-0.1, -0.05) is 36.4 Å². The highest BCUT2D eigenvalue weighted by Gasteiger charge is 1.96. The Bertz CT molecular complexity index is 731. The summed E-state index contributed by atoms with van der Waals surface area (Å²) in [6, 6.07) is 15.1. The van der Waals surface area contributed by atoms with E-state index in [-0.39, 0.29) is 12.4 Å². The molecule has 0 N–H and O–H groups in total. The topological polar surface area (TPSA) is 29.5 Å². The zero-order chi connectivity index (χ0) is 18.1. The third-order valence-electron chi connectivity index (χ3n) is 3.52. The van der Waals surface area contributed by atoms with Crippen LogP contribution in [0.2, 0.25) is 0 Å². The number of ether oxygens (including phenoxy) is 1. The lowest BCUT2D eigenvalue weighted by atomic mass is 10.1. The second-order valence-electron chi connectivity index (χ2n) is 5.66. The monoisotopic (exact) mass is 339 g/mol. The first kappa shape index (κ1) is 18.5. The first-order valence-electron chi connectivity index (χ1n) is 8.05. The zero-order valence-electron chi connectivity index (χ0n) is 14.5. The molecule has 0 aliphatic heterocycles. The Morgan fingerprint density at radius 1 is 0.960 bits per heavy atom. The van der Waals surface area contributed by atoms with Crippen LogP contribution in [0.15, 0.2) is 60.7 Å². The van der Waals surface area contributed by atoms with Crippen molar-refractivity contribution >= 4 is 23.6 Å². The first-order valence-corrected chi connectivity index (χ1v) is 8.05. The standard InChI is InChI=1S/C21H22FNO2/c1-23(2)19-9-3-17(4-10-19)5-11-20(24)12-6-18-7-13-21(14-8-18)25-16-15-22/h3-14H,15-16H2,1-2H3/b11-5+,12-6+. The summed E-state index contributed by atoms with van der Waals surface area (Å²) >= 11 is 0. The normalized spacial score (nSPS) is 11.2. The Morgan fingerprint density at radius 3 is 1.96 bits per heavy atom. The molecular formula is C21H22FNO2. The highest BCUT2D eigenvalue weighted by atomic mass is 19.1. The number of rotatable bonds is 8. The van der Waals surface area contributed by atoms with E-state index in [0.29, 0.717) is 5.75 Å². The summed E-state index contributed by atoms with van der Waals surface area (Å²) in [5.74, 6) is 0.525. The van der Waals surface area contributed by atoms with Crippen molar-refractivity contribution in [2.75, 3.05) is 32.3 Å². The van der Waals surface area contributed by atoms with E-state index in [4.69, 9.17) is 4.74 Å². The molecule has 2 aromatic carbocycles. The number of benzene rings is 2. The lowest BCUT2D eigenvalue weighted by molar-refractivity contribution is -0.110. The summed E-state index contributed by atoms with van der Waals surface area (Å²) in [5, 5.41) is 0. The van der Waals surface area contributed by atoms with E-state index in [9.17, 15) is 9.18 Å². The fraction of sp³-hybridized carbons (Fsp3) is 0.190. The van der Waals surface area contributed by atoms with Crippen LogP contribution in [-0.4, -0.2) is 33.2 Å². The number of halogens is 1. The third kappa shape index (κ3) is 6.26. The highest BCUT2D eigenvalue weighted by Crippen LogP contribution is 2.14. The SMILES string of the molecule is CN(C)c1ccc(/C=C/C(=O)/C=C/c2ccc(OCCF)cc2)cc1. The summed E-state index contributed by atoms with van der Waals surface area (Å²) in [7, 11) is 3.97. The molecule has 0 heterocycles. The molecule has 0 aromatic heterocycles. The van der Waals surface area contributed by atoms with E-state index in [1.165, 1.54) is 6.08 Å². The summed E-state index contributed by atoms with van der Waals surface area (Å²) in [6.45, 7) is -0.464. The van der Waals surface area contributed by atoms with Gasteiger partial charge in [0, 0.05) is 19.8 Å². The van der Waals surface area contributed by atoms with Crippen molar-refractivity contribution in [3.05, 3.63) is 71.8 Å². The minimum absolute atomic E-state index is 0.0496. The van der Waals surface area contributed by atoms with Crippen LogP contribution in [0.25, 0.3) is 12.2 Å². The maximum atomic E-state index is 12.0. The lowest BCUT2D eigenvalue weighted by Gasteiger charge is -2.11. The van der Waals surface area contributed by atoms with Crippen LogP contribution >= 0.6 is 0 Å². The van der Waals surface area contributed by atoms with Gasteiger partial charge >= 0.3 is 0 Å². The summed E-state index contributed by atoms with van der Waals surface area (Å²) in [4.78, 5) is 13.9. The van der Waals surface area contributed by atoms with Crippen LogP contribution in [-0.2, 0) is 4.79 Å². The number of hydrogen-bond acceptors (Lipinski definition) is 3. The van der Waals surface area contributed by atoms with Gasteiger partial charge in [0.2, 0.25) is 0 Å². The number of nitrogens with zero attached hydrogens (tertiary/aromatic N) is 1. The predicted molar refractivity (Wildman–Crippen MR) is 102 cm³/mol. The van der Waals surface area contributed by atoms with Crippen LogP contribution in [0.5, 0.6) is 5.75 Å². The molecule has 0 radical (unpaired) electrons. The Labute approximate surface area is 148 Å². The Kier molecular flexibility index (Phi) is 6.96. The molecule has 130 valence electrons. The van der Waals surface area contributed by atoms with Gasteiger partial charge in [-0.05, 0) is 47.5 Å². The van der Waals surface area contributed by atoms with Crippen molar-refractivity contribution in [2.45, 2.75) is 0 Å². The molecule has 0 aliphatic carbocycles. The molecule has 0 amide bonds. The van der Waals surface area contributed by atoms with Gasteiger partial charge in [-0.25, -0.2) is 4.39 Å². The number of carbonyl (C=O) groups excluding carboxylic acids is 1. The number of ketones is 1. The minimum Gasteiger partial charge on any atom is -0.491 e. The Balaban J connectivity index is 1.91. The number of allylic oxidation sites excluding steroid dienone is 2. The van der Waals surface area contributed by atoms with Crippen molar-refractivity contribution in [3.8, 4) is 5.75 Å². The smallest absolute Gasteiger partial charge is 0.178 e.